The van der Waals surface area contributed by atoms with E-state index >= 15 is 0 Å². The molecular weight excluding hydrogens is 260 g/mol. The Labute approximate surface area is 118 Å². The average Bonchev–Trinajstić information content (AvgIpc) is 2.40. The smallest absolute Gasteiger partial charge is 0.227 e. The fraction of sp³-hybridized carbons (Fsp3) is 0.429. The molecule has 0 radical (unpaired) electrons. The number of hydrogen-bond acceptors (Lipinski definition) is 3. The number of carbonyl (C=O) groups is 1. The molecule has 1 unspecified atom stereocenters. The van der Waals surface area contributed by atoms with Gasteiger partial charge < -0.3 is 15.8 Å². The van der Waals surface area contributed by atoms with E-state index in [4.69, 9.17) is 22.7 Å². The summed E-state index contributed by atoms with van der Waals surface area (Å²) < 4.78 is 5.55. The maximum atomic E-state index is 12.0. The Bertz CT molecular complexity index is 470. The second-order valence-electron chi connectivity index (χ2n) is 4.65. The van der Waals surface area contributed by atoms with Crippen LogP contribution in [0, 0.1) is 0 Å². The fourth-order valence-corrected chi connectivity index (χ4v) is 2.36. The highest BCUT2D eigenvalue weighted by Crippen LogP contribution is 2.18. The van der Waals surface area contributed by atoms with Crippen LogP contribution in [0.5, 0.6) is 0 Å². The lowest BCUT2D eigenvalue weighted by molar-refractivity contribution is -0.119. The third-order valence-corrected chi connectivity index (χ3v) is 3.37. The summed E-state index contributed by atoms with van der Waals surface area (Å²) in [5.74, 6) is -0.0596. The highest BCUT2D eigenvalue weighted by Gasteiger charge is 2.18. The number of nitrogens with one attached hydrogen (secondary N) is 1. The van der Waals surface area contributed by atoms with E-state index in [1.54, 1.807) is 12.1 Å². The minimum atomic E-state index is -0.0596. The van der Waals surface area contributed by atoms with Gasteiger partial charge in [-0.1, -0.05) is 24.4 Å². The molecule has 4 nitrogen and oxygen atoms in total. The molecule has 102 valence electrons. The van der Waals surface area contributed by atoms with Gasteiger partial charge in [-0.2, -0.15) is 0 Å². The molecule has 0 aromatic heterocycles. The zero-order chi connectivity index (χ0) is 13.7. The monoisotopic (exact) mass is 278 g/mol. The summed E-state index contributed by atoms with van der Waals surface area (Å²) in [6, 6.07) is 7.28. The molecule has 0 saturated carbocycles. The topological polar surface area (TPSA) is 64.3 Å². The van der Waals surface area contributed by atoms with E-state index in [2.05, 4.69) is 5.32 Å². The predicted molar refractivity (Wildman–Crippen MR) is 79.2 cm³/mol. The van der Waals surface area contributed by atoms with Crippen LogP contribution >= 0.6 is 12.2 Å². The Morgan fingerprint density at radius 3 is 2.89 bits per heavy atom. The summed E-state index contributed by atoms with van der Waals surface area (Å²) >= 11 is 4.97. The van der Waals surface area contributed by atoms with Crippen molar-refractivity contribution < 1.29 is 9.53 Å². The van der Waals surface area contributed by atoms with Crippen LogP contribution in [0.4, 0.5) is 5.69 Å². The molecular formula is C14H18N2O2S. The molecule has 3 N–H and O–H groups in total. The van der Waals surface area contributed by atoms with Crippen LogP contribution in [0.2, 0.25) is 0 Å². The van der Waals surface area contributed by atoms with Gasteiger partial charge in [-0.05, 0) is 31.4 Å². The maximum absolute atomic E-state index is 12.0. The van der Waals surface area contributed by atoms with E-state index in [1.807, 2.05) is 12.1 Å². The molecule has 1 amide bonds. The summed E-state index contributed by atoms with van der Waals surface area (Å²) in [7, 11) is 0. The summed E-state index contributed by atoms with van der Waals surface area (Å²) in [5, 5.41) is 2.85. The van der Waals surface area contributed by atoms with Crippen molar-refractivity contribution in [3.63, 3.8) is 0 Å². The molecule has 19 heavy (non-hydrogen) atoms. The second kappa shape index (κ2) is 6.63. The number of amides is 1. The third-order valence-electron chi connectivity index (χ3n) is 3.15. The first kappa shape index (κ1) is 14.0. The van der Waals surface area contributed by atoms with Crippen LogP contribution in [0.3, 0.4) is 0 Å². The highest BCUT2D eigenvalue weighted by molar-refractivity contribution is 7.80. The van der Waals surface area contributed by atoms with Crippen molar-refractivity contribution in [2.75, 3.05) is 11.9 Å². The fourth-order valence-electron chi connectivity index (χ4n) is 2.18. The molecule has 1 aliphatic heterocycles. The molecule has 1 atom stereocenters. The van der Waals surface area contributed by atoms with Crippen molar-refractivity contribution in [1.29, 1.82) is 0 Å². The molecule has 0 spiro atoms. The Morgan fingerprint density at radius 2 is 2.21 bits per heavy atom. The zero-order valence-corrected chi connectivity index (χ0v) is 11.5. The predicted octanol–water partition coefficient (Wildman–Crippen LogP) is 2.22. The van der Waals surface area contributed by atoms with Crippen molar-refractivity contribution >= 4 is 28.8 Å². The van der Waals surface area contributed by atoms with Gasteiger partial charge in [0.15, 0.2) is 0 Å². The SMILES string of the molecule is NC(=S)c1ccccc1NC(=O)CC1CCCCO1. The molecule has 1 fully saturated rings. The van der Waals surface area contributed by atoms with E-state index in [0.29, 0.717) is 17.7 Å². The van der Waals surface area contributed by atoms with Crippen molar-refractivity contribution in [3.05, 3.63) is 29.8 Å². The van der Waals surface area contributed by atoms with Gasteiger partial charge in [0, 0.05) is 12.2 Å². The van der Waals surface area contributed by atoms with E-state index in [1.165, 1.54) is 0 Å². The average molecular weight is 278 g/mol. The lowest BCUT2D eigenvalue weighted by atomic mass is 10.1. The summed E-state index contributed by atoms with van der Waals surface area (Å²) in [6.45, 7) is 0.751. The maximum Gasteiger partial charge on any atom is 0.227 e. The third kappa shape index (κ3) is 4.01. The lowest BCUT2D eigenvalue weighted by Gasteiger charge is -2.22. The Hall–Kier alpha value is -1.46. The van der Waals surface area contributed by atoms with Gasteiger partial charge in [0.2, 0.25) is 5.91 Å². The standard InChI is InChI=1S/C14H18N2O2S/c15-14(19)11-6-1-2-7-12(11)16-13(17)9-10-5-3-4-8-18-10/h1-2,6-7,10H,3-5,8-9H2,(H2,15,19)(H,16,17). The minimum absolute atomic E-state index is 0.0331. The molecule has 1 aromatic rings. The van der Waals surface area contributed by atoms with Crippen LogP contribution in [-0.4, -0.2) is 23.6 Å². The van der Waals surface area contributed by atoms with Crippen LogP contribution < -0.4 is 11.1 Å². The van der Waals surface area contributed by atoms with Gasteiger partial charge in [-0.15, -0.1) is 0 Å². The van der Waals surface area contributed by atoms with Crippen LogP contribution in [0.15, 0.2) is 24.3 Å². The van der Waals surface area contributed by atoms with Crippen molar-refractivity contribution in [3.8, 4) is 0 Å². The largest absolute Gasteiger partial charge is 0.389 e. The Balaban J connectivity index is 1.96. The highest BCUT2D eigenvalue weighted by atomic mass is 32.1. The van der Waals surface area contributed by atoms with E-state index in [0.717, 1.165) is 25.9 Å². The molecule has 5 heteroatoms. The zero-order valence-electron chi connectivity index (χ0n) is 10.7. The van der Waals surface area contributed by atoms with E-state index in [9.17, 15) is 4.79 Å². The molecule has 1 aromatic carbocycles. The molecule has 1 heterocycles. The number of para-hydroxylation sites is 1. The van der Waals surface area contributed by atoms with Crippen LogP contribution in [0.25, 0.3) is 0 Å². The molecule has 1 aliphatic rings. The number of carbonyl (C=O) groups excluding carboxylic acids is 1. The molecule has 1 saturated heterocycles. The summed E-state index contributed by atoms with van der Waals surface area (Å²) in [4.78, 5) is 12.3. The number of ether oxygens (including phenoxy) is 1. The van der Waals surface area contributed by atoms with Gasteiger partial charge in [0.05, 0.1) is 18.2 Å². The van der Waals surface area contributed by atoms with Gasteiger partial charge in [-0.3, -0.25) is 4.79 Å². The van der Waals surface area contributed by atoms with Crippen molar-refractivity contribution in [2.45, 2.75) is 31.8 Å². The number of rotatable bonds is 4. The first-order valence-electron chi connectivity index (χ1n) is 6.47. The van der Waals surface area contributed by atoms with Crippen molar-refractivity contribution in [2.24, 2.45) is 5.73 Å². The second-order valence-corrected chi connectivity index (χ2v) is 5.09. The normalized spacial score (nSPS) is 18.8. The van der Waals surface area contributed by atoms with Crippen LogP contribution in [-0.2, 0) is 9.53 Å². The number of nitrogens with two attached hydrogens (primary N) is 1. The van der Waals surface area contributed by atoms with Gasteiger partial charge in [0.25, 0.3) is 0 Å². The number of thiocarbonyl (C=S) groups is 1. The molecule has 0 aliphatic carbocycles. The van der Waals surface area contributed by atoms with Crippen molar-refractivity contribution in [1.82, 2.24) is 0 Å². The van der Waals surface area contributed by atoms with Gasteiger partial charge in [-0.25, -0.2) is 0 Å². The Morgan fingerprint density at radius 1 is 1.42 bits per heavy atom. The summed E-state index contributed by atoms with van der Waals surface area (Å²) in [6.07, 6.45) is 3.57. The number of hydrogen-bond donors (Lipinski definition) is 2. The minimum Gasteiger partial charge on any atom is -0.389 e. The van der Waals surface area contributed by atoms with E-state index < -0.39 is 0 Å². The number of anilines is 1. The van der Waals surface area contributed by atoms with Gasteiger partial charge in [0.1, 0.15) is 4.99 Å². The molecule has 2 rings (SSSR count). The molecule has 0 bridgehead atoms. The van der Waals surface area contributed by atoms with E-state index in [-0.39, 0.29) is 17.0 Å². The summed E-state index contributed by atoms with van der Waals surface area (Å²) in [5.41, 5.74) is 6.98. The quantitative estimate of drug-likeness (QED) is 0.829. The Kier molecular flexibility index (Phi) is 4.87. The lowest BCUT2D eigenvalue weighted by Crippen LogP contribution is -2.26. The van der Waals surface area contributed by atoms with Gasteiger partial charge >= 0.3 is 0 Å². The first-order valence-corrected chi connectivity index (χ1v) is 6.88. The number of benzene rings is 1. The van der Waals surface area contributed by atoms with Crippen LogP contribution in [0.1, 0.15) is 31.2 Å². The first-order chi connectivity index (χ1) is 9.16.